The summed E-state index contributed by atoms with van der Waals surface area (Å²) in [7, 11) is 0. The summed E-state index contributed by atoms with van der Waals surface area (Å²) in [6.45, 7) is 3.90. The minimum absolute atomic E-state index is 0.0184. The van der Waals surface area contributed by atoms with Gasteiger partial charge in [0.1, 0.15) is 6.61 Å². The minimum atomic E-state index is -0.520. The second-order valence-electron chi connectivity index (χ2n) is 2.54. The van der Waals surface area contributed by atoms with Gasteiger partial charge in [0.25, 0.3) is 0 Å². The molecule has 0 bridgehead atoms. The molecular weight excluding hydrogens is 172 g/mol. The van der Waals surface area contributed by atoms with Crippen LogP contribution in [0.1, 0.15) is 6.42 Å². The number of carbonyl (C=O) groups excluding carboxylic acids is 1. The molecule has 5 nitrogen and oxygen atoms in total. The Morgan fingerprint density at radius 3 is 3.00 bits per heavy atom. The van der Waals surface area contributed by atoms with Gasteiger partial charge in [-0.2, -0.15) is 0 Å². The molecule has 4 N–H and O–H groups in total. The summed E-state index contributed by atoms with van der Waals surface area (Å²) in [6, 6.07) is -0.235. The maximum Gasteiger partial charge on any atom is 0.407 e. The second-order valence-corrected chi connectivity index (χ2v) is 2.54. The lowest BCUT2D eigenvalue weighted by Crippen LogP contribution is -2.38. The van der Waals surface area contributed by atoms with Crippen molar-refractivity contribution in [2.24, 2.45) is 5.73 Å². The van der Waals surface area contributed by atoms with Crippen LogP contribution in [0.2, 0.25) is 0 Å². The zero-order valence-corrected chi connectivity index (χ0v) is 7.53. The highest BCUT2D eigenvalue weighted by Crippen LogP contribution is 1.85. The number of nitrogens with two attached hydrogens (primary N) is 1. The molecule has 0 saturated carbocycles. The largest absolute Gasteiger partial charge is 0.445 e. The highest BCUT2D eigenvalue weighted by atomic mass is 16.5. The number of amides is 1. The number of hydrogen-bond donors (Lipinski definition) is 3. The van der Waals surface area contributed by atoms with E-state index >= 15 is 0 Å². The van der Waals surface area contributed by atoms with Crippen LogP contribution in [-0.2, 0) is 4.74 Å². The van der Waals surface area contributed by atoms with Crippen LogP contribution < -0.4 is 11.1 Å². The Hall–Kier alpha value is -1.07. The maximum absolute atomic E-state index is 10.8. The zero-order valence-electron chi connectivity index (χ0n) is 7.53. The van der Waals surface area contributed by atoms with Crippen LogP contribution in [0.5, 0.6) is 0 Å². The van der Waals surface area contributed by atoms with Crippen LogP contribution in [0.25, 0.3) is 0 Å². The molecule has 0 aromatic heterocycles. The quantitative estimate of drug-likeness (QED) is 0.495. The molecule has 0 fully saturated rings. The number of aliphatic hydroxyl groups excluding tert-OH is 1. The molecule has 0 spiro atoms. The molecular formula is C8H16N2O3. The van der Waals surface area contributed by atoms with Crippen LogP contribution in [-0.4, -0.2) is 37.0 Å². The lowest BCUT2D eigenvalue weighted by atomic mass is 10.2. The van der Waals surface area contributed by atoms with E-state index in [4.69, 9.17) is 10.8 Å². The van der Waals surface area contributed by atoms with Crippen LogP contribution in [0.15, 0.2) is 12.7 Å². The molecule has 0 aliphatic rings. The Kier molecular flexibility index (Phi) is 6.95. The third-order valence-corrected chi connectivity index (χ3v) is 1.34. The molecule has 0 aliphatic carbocycles. The fraction of sp³-hybridized carbons (Fsp3) is 0.625. The van der Waals surface area contributed by atoms with Gasteiger partial charge in [0.15, 0.2) is 0 Å². The zero-order chi connectivity index (χ0) is 10.1. The van der Waals surface area contributed by atoms with Gasteiger partial charge in [-0.25, -0.2) is 4.79 Å². The van der Waals surface area contributed by atoms with Crippen molar-refractivity contribution in [3.63, 3.8) is 0 Å². The number of rotatable bonds is 6. The Balaban J connectivity index is 3.39. The molecule has 0 saturated heterocycles. The number of hydrogen-bond acceptors (Lipinski definition) is 4. The monoisotopic (exact) mass is 188 g/mol. The number of ether oxygens (including phenoxy) is 1. The summed E-state index contributed by atoms with van der Waals surface area (Å²) in [6.07, 6.45) is 1.42. The van der Waals surface area contributed by atoms with Crippen LogP contribution in [0, 0.1) is 0 Å². The predicted molar refractivity (Wildman–Crippen MR) is 49.2 cm³/mol. The third kappa shape index (κ3) is 7.30. The summed E-state index contributed by atoms with van der Waals surface area (Å²) in [4.78, 5) is 10.8. The number of aliphatic hydroxyl groups is 1. The summed E-state index contributed by atoms with van der Waals surface area (Å²) < 4.78 is 4.63. The number of carbonyl (C=O) groups is 1. The smallest absolute Gasteiger partial charge is 0.407 e. The van der Waals surface area contributed by atoms with Crippen LogP contribution in [0.4, 0.5) is 4.79 Å². The van der Waals surface area contributed by atoms with E-state index in [9.17, 15) is 4.79 Å². The molecule has 5 heteroatoms. The van der Waals surface area contributed by atoms with Gasteiger partial charge in [0.05, 0.1) is 0 Å². The summed E-state index contributed by atoms with van der Waals surface area (Å²) in [5.41, 5.74) is 5.51. The third-order valence-electron chi connectivity index (χ3n) is 1.34. The van der Waals surface area contributed by atoms with E-state index in [0.29, 0.717) is 13.0 Å². The van der Waals surface area contributed by atoms with E-state index in [1.165, 1.54) is 6.08 Å². The van der Waals surface area contributed by atoms with Crippen molar-refractivity contribution < 1.29 is 14.6 Å². The van der Waals surface area contributed by atoms with Crippen molar-refractivity contribution in [2.45, 2.75) is 12.5 Å². The Morgan fingerprint density at radius 2 is 2.46 bits per heavy atom. The van der Waals surface area contributed by atoms with Gasteiger partial charge in [0.2, 0.25) is 0 Å². The number of nitrogens with one attached hydrogen (secondary N) is 1. The first-order valence-corrected chi connectivity index (χ1v) is 4.08. The van der Waals surface area contributed by atoms with E-state index in [0.717, 1.165) is 0 Å². The molecule has 1 amide bonds. The van der Waals surface area contributed by atoms with Gasteiger partial charge >= 0.3 is 6.09 Å². The van der Waals surface area contributed by atoms with Crippen molar-refractivity contribution >= 4 is 6.09 Å². The molecule has 0 aliphatic heterocycles. The predicted octanol–water partition coefficient (Wildman–Crippen LogP) is -0.392. The van der Waals surface area contributed by atoms with Gasteiger partial charge in [-0.15, -0.1) is 0 Å². The SMILES string of the molecule is C=CCOC(=O)NC[C@@H](N)CCO. The van der Waals surface area contributed by atoms with Crippen molar-refractivity contribution in [3.05, 3.63) is 12.7 Å². The fourth-order valence-corrected chi connectivity index (χ4v) is 0.668. The standard InChI is InChI=1S/C8H16N2O3/c1-2-5-13-8(12)10-6-7(9)3-4-11/h2,7,11H,1,3-6,9H2,(H,10,12)/t7-/m0/s1. The average Bonchev–Trinajstić information content (AvgIpc) is 2.12. The van der Waals surface area contributed by atoms with Crippen molar-refractivity contribution in [1.82, 2.24) is 5.32 Å². The van der Waals surface area contributed by atoms with Crippen molar-refractivity contribution in [2.75, 3.05) is 19.8 Å². The maximum atomic E-state index is 10.8. The molecule has 13 heavy (non-hydrogen) atoms. The van der Waals surface area contributed by atoms with Crippen molar-refractivity contribution in [1.29, 1.82) is 0 Å². The van der Waals surface area contributed by atoms with E-state index in [-0.39, 0.29) is 19.3 Å². The first-order chi connectivity index (χ1) is 6.20. The van der Waals surface area contributed by atoms with Gasteiger partial charge in [-0.05, 0) is 6.42 Å². The van der Waals surface area contributed by atoms with Gasteiger partial charge in [0, 0.05) is 19.2 Å². The topological polar surface area (TPSA) is 84.6 Å². The molecule has 0 rings (SSSR count). The summed E-state index contributed by atoms with van der Waals surface area (Å²) in [5.74, 6) is 0. The highest BCUT2D eigenvalue weighted by molar-refractivity contribution is 5.67. The number of alkyl carbamates (subject to hydrolysis) is 1. The van der Waals surface area contributed by atoms with Crippen LogP contribution >= 0.6 is 0 Å². The van der Waals surface area contributed by atoms with Crippen LogP contribution in [0.3, 0.4) is 0 Å². The van der Waals surface area contributed by atoms with E-state index in [1.54, 1.807) is 0 Å². The first kappa shape index (κ1) is 11.9. The Labute approximate surface area is 77.6 Å². The van der Waals surface area contributed by atoms with E-state index < -0.39 is 6.09 Å². The normalized spacial score (nSPS) is 11.8. The van der Waals surface area contributed by atoms with Gasteiger partial charge < -0.3 is 20.9 Å². The lowest BCUT2D eigenvalue weighted by Gasteiger charge is -2.10. The summed E-state index contributed by atoms with van der Waals surface area (Å²) >= 11 is 0. The lowest BCUT2D eigenvalue weighted by molar-refractivity contribution is 0.157. The molecule has 0 heterocycles. The Morgan fingerprint density at radius 1 is 1.77 bits per heavy atom. The molecule has 1 atom stereocenters. The Bertz CT molecular complexity index is 161. The molecule has 0 aromatic rings. The van der Waals surface area contributed by atoms with Gasteiger partial charge in [-0.1, -0.05) is 12.7 Å². The summed E-state index contributed by atoms with van der Waals surface area (Å²) in [5, 5.41) is 11.0. The van der Waals surface area contributed by atoms with Gasteiger partial charge in [-0.3, -0.25) is 0 Å². The molecule has 0 aromatic carbocycles. The first-order valence-electron chi connectivity index (χ1n) is 4.08. The molecule has 0 radical (unpaired) electrons. The van der Waals surface area contributed by atoms with E-state index in [1.807, 2.05) is 0 Å². The van der Waals surface area contributed by atoms with Crippen molar-refractivity contribution in [3.8, 4) is 0 Å². The highest BCUT2D eigenvalue weighted by Gasteiger charge is 2.04. The molecule has 0 unspecified atom stereocenters. The minimum Gasteiger partial charge on any atom is -0.445 e. The average molecular weight is 188 g/mol. The fourth-order valence-electron chi connectivity index (χ4n) is 0.668. The molecule has 76 valence electrons. The second kappa shape index (κ2) is 7.57. The van der Waals surface area contributed by atoms with E-state index in [2.05, 4.69) is 16.6 Å².